The maximum Gasteiger partial charge on any atom is 0.264 e. The van der Waals surface area contributed by atoms with E-state index in [0.717, 1.165) is 48.3 Å². The molecule has 2 aliphatic rings. The Hall–Kier alpha value is -2.60. The van der Waals surface area contributed by atoms with E-state index < -0.39 is 0 Å². The number of halogens is 1. The lowest BCUT2D eigenvalue weighted by molar-refractivity contribution is -0.115. The van der Waals surface area contributed by atoms with Crippen molar-refractivity contribution in [2.45, 2.75) is 33.6 Å². The van der Waals surface area contributed by atoms with Gasteiger partial charge in [0.1, 0.15) is 5.82 Å². The van der Waals surface area contributed by atoms with E-state index in [-0.39, 0.29) is 11.7 Å². The standard InChI is InChI=1S/C23H24FN3OS/c1-14-6-7-19(16(3)10-14)25-23-26-22(28)21(29-23)13-17-12-18(24)20(11-15(17)2)27-8-4-5-9-27/h6-7,10-13H,4-5,8-9H2,1-3H3,(H,25,26,28)/b21-13-. The maximum atomic E-state index is 14.7. The fourth-order valence-corrected chi connectivity index (χ4v) is 4.53. The van der Waals surface area contributed by atoms with E-state index >= 15 is 0 Å². The minimum Gasteiger partial charge on any atom is -0.369 e. The average Bonchev–Trinajstić information content (AvgIpc) is 3.31. The first-order chi connectivity index (χ1) is 13.9. The molecular formula is C23H24FN3OS. The van der Waals surface area contributed by atoms with E-state index in [2.05, 4.69) is 21.3 Å². The number of nitrogens with zero attached hydrogens (tertiary/aromatic N) is 2. The molecule has 0 aliphatic carbocycles. The first-order valence-electron chi connectivity index (χ1n) is 9.82. The summed E-state index contributed by atoms with van der Waals surface area (Å²) in [4.78, 5) is 19.6. The number of carbonyl (C=O) groups is 1. The van der Waals surface area contributed by atoms with Crippen LogP contribution in [-0.4, -0.2) is 24.2 Å². The van der Waals surface area contributed by atoms with Gasteiger partial charge in [0, 0.05) is 13.1 Å². The second-order valence-electron chi connectivity index (χ2n) is 7.63. The Bertz CT molecular complexity index is 1040. The summed E-state index contributed by atoms with van der Waals surface area (Å²) in [5.41, 5.74) is 5.38. The van der Waals surface area contributed by atoms with Crippen LogP contribution in [0.15, 0.2) is 40.2 Å². The molecular weight excluding hydrogens is 385 g/mol. The highest BCUT2D eigenvalue weighted by atomic mass is 32.2. The molecule has 29 heavy (non-hydrogen) atoms. The van der Waals surface area contributed by atoms with Gasteiger partial charge >= 0.3 is 0 Å². The van der Waals surface area contributed by atoms with Crippen LogP contribution in [-0.2, 0) is 4.79 Å². The molecule has 1 amide bonds. The van der Waals surface area contributed by atoms with Crippen molar-refractivity contribution in [1.29, 1.82) is 0 Å². The summed E-state index contributed by atoms with van der Waals surface area (Å²) in [5, 5.41) is 3.35. The highest BCUT2D eigenvalue weighted by Gasteiger charge is 2.25. The molecule has 0 aromatic heterocycles. The molecule has 2 aromatic rings. The predicted molar refractivity (Wildman–Crippen MR) is 119 cm³/mol. The molecule has 0 unspecified atom stereocenters. The molecule has 6 heteroatoms. The number of hydrogen-bond donors (Lipinski definition) is 1. The zero-order valence-electron chi connectivity index (χ0n) is 16.9. The zero-order chi connectivity index (χ0) is 20.5. The van der Waals surface area contributed by atoms with E-state index in [1.807, 2.05) is 39.0 Å². The number of hydrogen-bond acceptors (Lipinski definition) is 4. The molecule has 2 aliphatic heterocycles. The molecule has 2 saturated heterocycles. The average molecular weight is 410 g/mol. The van der Waals surface area contributed by atoms with Crippen molar-refractivity contribution in [1.82, 2.24) is 5.32 Å². The van der Waals surface area contributed by atoms with Gasteiger partial charge < -0.3 is 10.2 Å². The third-order valence-corrected chi connectivity index (χ3v) is 6.20. The number of aliphatic imine (C=N–C) groups is 1. The van der Waals surface area contributed by atoms with Gasteiger partial charge in [-0.25, -0.2) is 9.38 Å². The normalized spacial score (nSPS) is 19.4. The van der Waals surface area contributed by atoms with Crippen LogP contribution in [0.5, 0.6) is 0 Å². The maximum absolute atomic E-state index is 14.7. The fraction of sp³-hybridized carbons (Fsp3) is 0.304. The molecule has 0 spiro atoms. The molecule has 4 rings (SSSR count). The Labute approximate surface area is 174 Å². The van der Waals surface area contributed by atoms with Crippen molar-refractivity contribution < 1.29 is 9.18 Å². The summed E-state index contributed by atoms with van der Waals surface area (Å²) < 4.78 is 14.7. The van der Waals surface area contributed by atoms with Gasteiger partial charge in [0.15, 0.2) is 5.17 Å². The molecule has 0 bridgehead atoms. The van der Waals surface area contributed by atoms with Gasteiger partial charge in [-0.1, -0.05) is 17.7 Å². The van der Waals surface area contributed by atoms with Crippen LogP contribution in [0.2, 0.25) is 0 Å². The largest absolute Gasteiger partial charge is 0.369 e. The first kappa shape index (κ1) is 19.7. The Balaban J connectivity index is 1.59. The van der Waals surface area contributed by atoms with Crippen LogP contribution >= 0.6 is 11.8 Å². The van der Waals surface area contributed by atoms with Gasteiger partial charge in [0.25, 0.3) is 5.91 Å². The SMILES string of the molecule is Cc1ccc(N=C2NC(=O)/C(=C/c3cc(F)c(N4CCCC4)cc3C)S2)c(C)c1. The monoisotopic (exact) mass is 409 g/mol. The minimum absolute atomic E-state index is 0.207. The zero-order valence-corrected chi connectivity index (χ0v) is 17.7. The van der Waals surface area contributed by atoms with Crippen molar-refractivity contribution in [2.24, 2.45) is 4.99 Å². The quantitative estimate of drug-likeness (QED) is 0.705. The Morgan fingerprint density at radius 3 is 2.59 bits per heavy atom. The van der Waals surface area contributed by atoms with Crippen LogP contribution in [0.3, 0.4) is 0 Å². The number of amides is 1. The minimum atomic E-state index is -0.239. The third-order valence-electron chi connectivity index (χ3n) is 5.29. The van der Waals surface area contributed by atoms with Crippen molar-refractivity contribution in [2.75, 3.05) is 18.0 Å². The first-order valence-corrected chi connectivity index (χ1v) is 10.6. The van der Waals surface area contributed by atoms with Crippen molar-refractivity contribution in [3.8, 4) is 0 Å². The number of carbonyl (C=O) groups excluding carboxylic acids is 1. The molecule has 150 valence electrons. The number of thioether (sulfide) groups is 1. The summed E-state index contributed by atoms with van der Waals surface area (Å²) >= 11 is 1.28. The predicted octanol–water partition coefficient (Wildman–Crippen LogP) is 5.24. The van der Waals surface area contributed by atoms with E-state index in [9.17, 15) is 9.18 Å². The van der Waals surface area contributed by atoms with Crippen molar-refractivity contribution in [3.05, 3.63) is 63.3 Å². The fourth-order valence-electron chi connectivity index (χ4n) is 3.70. The number of nitrogens with one attached hydrogen (secondary N) is 1. The van der Waals surface area contributed by atoms with Gasteiger partial charge in [-0.2, -0.15) is 0 Å². The van der Waals surface area contributed by atoms with Crippen LogP contribution in [0, 0.1) is 26.6 Å². The van der Waals surface area contributed by atoms with E-state index in [1.165, 1.54) is 23.4 Å². The van der Waals surface area contributed by atoms with Gasteiger partial charge in [0.2, 0.25) is 0 Å². The second-order valence-corrected chi connectivity index (χ2v) is 8.66. The highest BCUT2D eigenvalue weighted by molar-refractivity contribution is 8.18. The molecule has 1 N–H and O–H groups in total. The molecule has 4 nitrogen and oxygen atoms in total. The molecule has 2 fully saturated rings. The van der Waals surface area contributed by atoms with Crippen molar-refractivity contribution >= 4 is 40.3 Å². The van der Waals surface area contributed by atoms with Gasteiger partial charge in [-0.05, 0) is 86.3 Å². The number of anilines is 1. The highest BCUT2D eigenvalue weighted by Crippen LogP contribution is 2.32. The second kappa shape index (κ2) is 8.03. The molecule has 0 saturated carbocycles. The molecule has 2 heterocycles. The summed E-state index contributed by atoms with van der Waals surface area (Å²) in [6.07, 6.45) is 3.95. The molecule has 0 atom stereocenters. The lowest BCUT2D eigenvalue weighted by atomic mass is 10.1. The molecule has 0 radical (unpaired) electrons. The lowest BCUT2D eigenvalue weighted by Gasteiger charge is -2.19. The van der Waals surface area contributed by atoms with Crippen LogP contribution in [0.25, 0.3) is 6.08 Å². The lowest BCUT2D eigenvalue weighted by Crippen LogP contribution is -2.19. The van der Waals surface area contributed by atoms with E-state index in [4.69, 9.17) is 0 Å². The summed E-state index contributed by atoms with van der Waals surface area (Å²) in [7, 11) is 0. The number of rotatable bonds is 3. The van der Waals surface area contributed by atoms with Gasteiger partial charge in [-0.15, -0.1) is 0 Å². The van der Waals surface area contributed by atoms with Crippen molar-refractivity contribution in [3.63, 3.8) is 0 Å². The number of aryl methyl sites for hydroxylation is 3. The van der Waals surface area contributed by atoms with E-state index in [1.54, 1.807) is 6.08 Å². The van der Waals surface area contributed by atoms with Crippen LogP contribution < -0.4 is 10.2 Å². The van der Waals surface area contributed by atoms with Crippen LogP contribution in [0.4, 0.5) is 15.8 Å². The molecule has 2 aromatic carbocycles. The number of amidine groups is 1. The topological polar surface area (TPSA) is 44.7 Å². The van der Waals surface area contributed by atoms with Gasteiger partial charge in [0.05, 0.1) is 16.3 Å². The Morgan fingerprint density at radius 1 is 1.10 bits per heavy atom. The smallest absolute Gasteiger partial charge is 0.264 e. The summed E-state index contributed by atoms with van der Waals surface area (Å²) in [6.45, 7) is 7.78. The Kier molecular flexibility index (Phi) is 5.46. The van der Waals surface area contributed by atoms with Crippen LogP contribution in [0.1, 0.15) is 35.1 Å². The summed E-state index contributed by atoms with van der Waals surface area (Å²) in [6, 6.07) is 9.42. The summed E-state index contributed by atoms with van der Waals surface area (Å²) in [5.74, 6) is -0.445. The third kappa shape index (κ3) is 4.22. The van der Waals surface area contributed by atoms with E-state index in [0.29, 0.717) is 15.8 Å². The number of benzene rings is 2. The Morgan fingerprint density at radius 2 is 1.86 bits per heavy atom. The van der Waals surface area contributed by atoms with Gasteiger partial charge in [-0.3, -0.25) is 4.79 Å².